The van der Waals surface area contributed by atoms with Crippen LogP contribution in [0.3, 0.4) is 0 Å². The molecule has 1 rings (SSSR count). The number of aliphatic hydroxyl groups is 1. The van der Waals surface area contributed by atoms with E-state index in [0.29, 0.717) is 18.4 Å². The van der Waals surface area contributed by atoms with Crippen LogP contribution in [0.15, 0.2) is 24.3 Å². The number of carbonyl (C=O) groups excluding carboxylic acids is 1. The van der Waals surface area contributed by atoms with Crippen LogP contribution in [0.25, 0.3) is 0 Å². The highest BCUT2D eigenvalue weighted by Gasteiger charge is 2.21. The number of carbonyl (C=O) groups is 2. The number of benzene rings is 1. The van der Waals surface area contributed by atoms with Gasteiger partial charge in [-0.15, -0.1) is 0 Å². The predicted octanol–water partition coefficient (Wildman–Crippen LogP) is 1.79. The van der Waals surface area contributed by atoms with Crippen LogP contribution in [0.4, 0.5) is 0 Å². The summed E-state index contributed by atoms with van der Waals surface area (Å²) in [5.74, 6) is -1.49. The fraction of sp³-hybridized carbons (Fsp3) is 0.333. The van der Waals surface area contributed by atoms with E-state index in [-0.39, 0.29) is 11.3 Å². The summed E-state index contributed by atoms with van der Waals surface area (Å²) in [6.45, 7) is 1.87. The Morgan fingerprint density at radius 2 is 1.94 bits per heavy atom. The van der Waals surface area contributed by atoms with Crippen LogP contribution in [0, 0.1) is 0 Å². The maximum Gasteiger partial charge on any atom is 0.337 e. The highest BCUT2D eigenvalue weighted by Crippen LogP contribution is 2.20. The second-order valence-corrected chi connectivity index (χ2v) is 3.50. The molecular weight excluding hydrogens is 208 g/mol. The summed E-state index contributed by atoms with van der Waals surface area (Å²) in [5, 5.41) is 18.2. The quantitative estimate of drug-likeness (QED) is 0.745. The molecule has 0 aliphatic carbocycles. The average molecular weight is 222 g/mol. The Labute approximate surface area is 93.5 Å². The van der Waals surface area contributed by atoms with Gasteiger partial charge in [0.25, 0.3) is 0 Å². The van der Waals surface area contributed by atoms with Gasteiger partial charge in [-0.25, -0.2) is 4.79 Å². The Hall–Kier alpha value is -1.68. The molecule has 86 valence electrons. The van der Waals surface area contributed by atoms with Gasteiger partial charge < -0.3 is 10.2 Å². The molecule has 0 spiro atoms. The van der Waals surface area contributed by atoms with Crippen molar-refractivity contribution in [3.63, 3.8) is 0 Å². The molecule has 0 aliphatic heterocycles. The number of hydrogen-bond donors (Lipinski definition) is 2. The number of aliphatic carboxylic acids is 1. The lowest BCUT2D eigenvalue weighted by atomic mass is 9.97. The summed E-state index contributed by atoms with van der Waals surface area (Å²) in [4.78, 5) is 22.4. The molecule has 0 fully saturated rings. The summed E-state index contributed by atoms with van der Waals surface area (Å²) >= 11 is 0. The first-order valence-corrected chi connectivity index (χ1v) is 5.11. The second-order valence-electron chi connectivity index (χ2n) is 3.50. The fourth-order valence-corrected chi connectivity index (χ4v) is 1.48. The molecule has 0 radical (unpaired) electrons. The van der Waals surface area contributed by atoms with Crippen molar-refractivity contribution in [2.75, 3.05) is 0 Å². The van der Waals surface area contributed by atoms with Gasteiger partial charge >= 0.3 is 5.97 Å². The van der Waals surface area contributed by atoms with Gasteiger partial charge in [-0.1, -0.05) is 31.2 Å². The molecule has 0 saturated heterocycles. The molecule has 0 saturated carbocycles. The van der Waals surface area contributed by atoms with Crippen LogP contribution < -0.4 is 0 Å². The van der Waals surface area contributed by atoms with E-state index in [1.165, 1.54) is 6.07 Å². The second kappa shape index (κ2) is 5.42. The molecule has 1 aromatic carbocycles. The van der Waals surface area contributed by atoms with E-state index in [2.05, 4.69) is 0 Å². The maximum absolute atomic E-state index is 11.7. The van der Waals surface area contributed by atoms with Crippen LogP contribution >= 0.6 is 0 Å². The Kier molecular flexibility index (Phi) is 4.19. The van der Waals surface area contributed by atoms with Crippen LogP contribution in [-0.4, -0.2) is 22.0 Å². The highest BCUT2D eigenvalue weighted by atomic mass is 16.4. The monoisotopic (exact) mass is 222 g/mol. The lowest BCUT2D eigenvalue weighted by molar-refractivity contribution is -0.146. The van der Waals surface area contributed by atoms with Crippen molar-refractivity contribution in [2.24, 2.45) is 0 Å². The molecule has 4 heteroatoms. The van der Waals surface area contributed by atoms with Gasteiger partial charge in [-0.3, -0.25) is 4.79 Å². The number of ketones is 1. The third-order valence-corrected chi connectivity index (χ3v) is 2.27. The fourth-order valence-electron chi connectivity index (χ4n) is 1.48. The number of aliphatic hydroxyl groups excluding tert-OH is 1. The topological polar surface area (TPSA) is 74.6 Å². The minimum Gasteiger partial charge on any atom is -0.479 e. The van der Waals surface area contributed by atoms with E-state index in [1.807, 2.05) is 6.92 Å². The Morgan fingerprint density at radius 1 is 1.31 bits per heavy atom. The molecule has 1 aromatic rings. The van der Waals surface area contributed by atoms with Crippen molar-refractivity contribution in [1.82, 2.24) is 0 Å². The third-order valence-electron chi connectivity index (χ3n) is 2.27. The van der Waals surface area contributed by atoms with Gasteiger partial charge in [-0.2, -0.15) is 0 Å². The smallest absolute Gasteiger partial charge is 0.337 e. The van der Waals surface area contributed by atoms with Gasteiger partial charge in [0.15, 0.2) is 11.9 Å². The zero-order valence-corrected chi connectivity index (χ0v) is 9.01. The van der Waals surface area contributed by atoms with Crippen LogP contribution in [-0.2, 0) is 4.79 Å². The van der Waals surface area contributed by atoms with Gasteiger partial charge in [0.1, 0.15) is 0 Å². The zero-order chi connectivity index (χ0) is 12.1. The molecule has 0 amide bonds. The number of rotatable bonds is 5. The Morgan fingerprint density at radius 3 is 2.50 bits per heavy atom. The number of carboxylic acids is 1. The minimum atomic E-state index is -1.64. The molecule has 0 heterocycles. The Balaban J connectivity index is 3.09. The molecular formula is C12H14O4. The Bertz CT molecular complexity index is 398. The standard InChI is InChI=1S/C12H14O4/c1-2-5-10(13)8-6-3-4-7-9(8)11(14)12(15)16/h3-4,6-7,11,14H,2,5H2,1H3,(H,15,16). The van der Waals surface area contributed by atoms with Crippen molar-refractivity contribution >= 4 is 11.8 Å². The van der Waals surface area contributed by atoms with E-state index >= 15 is 0 Å². The van der Waals surface area contributed by atoms with E-state index in [0.717, 1.165) is 0 Å². The SMILES string of the molecule is CCCC(=O)c1ccccc1C(O)C(=O)O. The first-order chi connectivity index (χ1) is 7.57. The van der Waals surface area contributed by atoms with Crippen LogP contribution in [0.1, 0.15) is 41.8 Å². The molecule has 0 aromatic heterocycles. The van der Waals surface area contributed by atoms with Gasteiger partial charge in [0.2, 0.25) is 0 Å². The first kappa shape index (κ1) is 12.4. The number of hydrogen-bond acceptors (Lipinski definition) is 3. The average Bonchev–Trinajstić information content (AvgIpc) is 2.28. The lowest BCUT2D eigenvalue weighted by Gasteiger charge is -2.10. The first-order valence-electron chi connectivity index (χ1n) is 5.11. The summed E-state index contributed by atoms with van der Waals surface area (Å²) < 4.78 is 0. The molecule has 0 bridgehead atoms. The summed E-state index contributed by atoms with van der Waals surface area (Å²) in [5.41, 5.74) is 0.452. The van der Waals surface area contributed by atoms with Crippen LogP contribution in [0.2, 0.25) is 0 Å². The normalized spacial score (nSPS) is 12.1. The van der Waals surface area contributed by atoms with Gasteiger partial charge in [-0.05, 0) is 6.42 Å². The van der Waals surface area contributed by atoms with E-state index < -0.39 is 12.1 Å². The molecule has 0 aliphatic rings. The van der Waals surface area contributed by atoms with Crippen molar-refractivity contribution in [2.45, 2.75) is 25.9 Å². The maximum atomic E-state index is 11.7. The molecule has 1 atom stereocenters. The minimum absolute atomic E-state index is 0.140. The number of carboxylic acid groups (broad SMARTS) is 1. The van der Waals surface area contributed by atoms with Gasteiger partial charge in [0.05, 0.1) is 0 Å². The van der Waals surface area contributed by atoms with Crippen molar-refractivity contribution in [3.8, 4) is 0 Å². The largest absolute Gasteiger partial charge is 0.479 e. The van der Waals surface area contributed by atoms with Crippen molar-refractivity contribution < 1.29 is 19.8 Å². The number of Topliss-reactive ketones (excluding diaryl/α,β-unsaturated/α-hetero) is 1. The predicted molar refractivity (Wildman–Crippen MR) is 58.3 cm³/mol. The summed E-state index contributed by atoms with van der Waals surface area (Å²) in [6.07, 6.45) is -0.600. The molecule has 1 unspecified atom stereocenters. The molecule has 16 heavy (non-hydrogen) atoms. The summed E-state index contributed by atoms with van der Waals surface area (Å²) in [6, 6.07) is 6.26. The van der Waals surface area contributed by atoms with Crippen LogP contribution in [0.5, 0.6) is 0 Å². The highest BCUT2D eigenvalue weighted by molar-refractivity contribution is 5.98. The zero-order valence-electron chi connectivity index (χ0n) is 9.01. The third kappa shape index (κ3) is 2.67. The molecule has 4 nitrogen and oxygen atoms in total. The van der Waals surface area contributed by atoms with Crippen molar-refractivity contribution in [3.05, 3.63) is 35.4 Å². The molecule has 2 N–H and O–H groups in total. The van der Waals surface area contributed by atoms with E-state index in [1.54, 1.807) is 18.2 Å². The van der Waals surface area contributed by atoms with Crippen molar-refractivity contribution in [1.29, 1.82) is 0 Å². The van der Waals surface area contributed by atoms with Gasteiger partial charge in [0, 0.05) is 17.5 Å². The van der Waals surface area contributed by atoms with E-state index in [4.69, 9.17) is 5.11 Å². The summed E-state index contributed by atoms with van der Waals surface area (Å²) in [7, 11) is 0. The lowest BCUT2D eigenvalue weighted by Crippen LogP contribution is -2.14. The van der Waals surface area contributed by atoms with E-state index in [9.17, 15) is 14.7 Å².